The summed E-state index contributed by atoms with van der Waals surface area (Å²) < 4.78 is 2.12. The molecular weight excluding hydrogens is 290 g/mol. The van der Waals surface area contributed by atoms with E-state index in [1.165, 1.54) is 12.4 Å². The lowest BCUT2D eigenvalue weighted by Crippen LogP contribution is -1.98. The maximum Gasteiger partial charge on any atom is 0.311 e. The van der Waals surface area contributed by atoms with Gasteiger partial charge in [-0.05, 0) is 15.9 Å². The van der Waals surface area contributed by atoms with Crippen LogP contribution in [-0.2, 0) is 7.05 Å². The van der Waals surface area contributed by atoms with Crippen LogP contribution in [0.15, 0.2) is 29.3 Å². The predicted molar refractivity (Wildman–Crippen MR) is 65.1 cm³/mol. The van der Waals surface area contributed by atoms with E-state index in [-0.39, 0.29) is 5.69 Å². The van der Waals surface area contributed by atoms with Gasteiger partial charge in [0.05, 0.1) is 21.3 Å². The number of anilines is 2. The number of nitrogens with one attached hydrogen (secondary N) is 1. The van der Waals surface area contributed by atoms with E-state index in [4.69, 9.17) is 0 Å². The second kappa shape index (κ2) is 4.50. The van der Waals surface area contributed by atoms with Gasteiger partial charge < -0.3 is 5.32 Å². The second-order valence-electron chi connectivity index (χ2n) is 3.30. The number of halogens is 1. The lowest BCUT2D eigenvalue weighted by Gasteiger charge is -2.05. The predicted octanol–water partition coefficient (Wildman–Crippen LogP) is 2.23. The molecule has 0 saturated carbocycles. The van der Waals surface area contributed by atoms with E-state index in [0.29, 0.717) is 15.8 Å². The number of nitro groups is 1. The van der Waals surface area contributed by atoms with Crippen molar-refractivity contribution in [3.63, 3.8) is 0 Å². The number of nitrogens with zero attached hydrogens (tertiary/aromatic N) is 4. The zero-order chi connectivity index (χ0) is 12.4. The molecular formula is C9H8BrN5O2. The third-order valence-corrected chi connectivity index (χ3v) is 2.65. The van der Waals surface area contributed by atoms with Gasteiger partial charge in [-0.15, -0.1) is 0 Å². The van der Waals surface area contributed by atoms with Crippen LogP contribution in [-0.4, -0.2) is 19.7 Å². The molecule has 0 aliphatic heterocycles. The molecule has 17 heavy (non-hydrogen) atoms. The average Bonchev–Trinajstić information content (AvgIpc) is 2.67. The molecule has 0 radical (unpaired) electrons. The number of rotatable bonds is 3. The molecule has 0 fully saturated rings. The zero-order valence-electron chi connectivity index (χ0n) is 8.79. The van der Waals surface area contributed by atoms with E-state index >= 15 is 0 Å². The van der Waals surface area contributed by atoms with E-state index < -0.39 is 4.92 Å². The largest absolute Gasteiger partial charge is 0.346 e. The minimum atomic E-state index is -0.490. The minimum Gasteiger partial charge on any atom is -0.346 e. The Bertz CT molecular complexity index is 568. The van der Waals surface area contributed by atoms with Crippen molar-refractivity contribution in [2.75, 3.05) is 5.32 Å². The molecule has 88 valence electrons. The van der Waals surface area contributed by atoms with E-state index in [0.717, 1.165) is 0 Å². The first-order chi connectivity index (χ1) is 8.08. The van der Waals surface area contributed by atoms with Crippen LogP contribution in [0.3, 0.4) is 0 Å². The van der Waals surface area contributed by atoms with Crippen molar-refractivity contribution in [1.29, 1.82) is 0 Å². The first-order valence-corrected chi connectivity index (χ1v) is 5.41. The van der Waals surface area contributed by atoms with E-state index in [9.17, 15) is 10.1 Å². The van der Waals surface area contributed by atoms with Gasteiger partial charge in [-0.2, -0.15) is 5.10 Å². The molecule has 2 aromatic heterocycles. The Labute approximate surface area is 105 Å². The third kappa shape index (κ3) is 2.41. The van der Waals surface area contributed by atoms with Gasteiger partial charge in [0, 0.05) is 19.4 Å². The van der Waals surface area contributed by atoms with Crippen LogP contribution in [0.5, 0.6) is 0 Å². The molecule has 0 unspecified atom stereocenters. The Morgan fingerprint density at radius 1 is 1.47 bits per heavy atom. The Balaban J connectivity index is 2.40. The maximum absolute atomic E-state index is 10.9. The van der Waals surface area contributed by atoms with Crippen LogP contribution in [0.25, 0.3) is 0 Å². The molecule has 0 spiro atoms. The Kier molecular flexibility index (Phi) is 3.05. The SMILES string of the molecule is Cn1cc(Nc2c(Br)cncc2[N+](=O)[O-])cn1. The lowest BCUT2D eigenvalue weighted by molar-refractivity contribution is -0.384. The average molecular weight is 298 g/mol. The third-order valence-electron chi connectivity index (χ3n) is 2.05. The molecule has 0 aliphatic carbocycles. The van der Waals surface area contributed by atoms with Crippen LogP contribution in [0.2, 0.25) is 0 Å². The summed E-state index contributed by atoms with van der Waals surface area (Å²) in [5.74, 6) is 0. The van der Waals surface area contributed by atoms with Gasteiger partial charge in [0.15, 0.2) is 0 Å². The fraction of sp³-hybridized carbons (Fsp3) is 0.111. The number of hydrogen-bond acceptors (Lipinski definition) is 5. The van der Waals surface area contributed by atoms with Crippen LogP contribution in [0.1, 0.15) is 0 Å². The van der Waals surface area contributed by atoms with Crippen molar-refractivity contribution in [1.82, 2.24) is 14.8 Å². The minimum absolute atomic E-state index is 0.0942. The summed E-state index contributed by atoms with van der Waals surface area (Å²) in [5, 5.41) is 17.8. The summed E-state index contributed by atoms with van der Waals surface area (Å²) in [7, 11) is 1.77. The molecule has 2 heterocycles. The molecule has 2 aromatic rings. The quantitative estimate of drug-likeness (QED) is 0.693. The van der Waals surface area contributed by atoms with Gasteiger partial charge in [-0.3, -0.25) is 19.8 Å². The van der Waals surface area contributed by atoms with Gasteiger partial charge >= 0.3 is 5.69 Å². The van der Waals surface area contributed by atoms with Crippen molar-refractivity contribution in [2.45, 2.75) is 0 Å². The summed E-state index contributed by atoms with van der Waals surface area (Å²) >= 11 is 3.22. The molecule has 0 aromatic carbocycles. The van der Waals surface area contributed by atoms with E-state index in [2.05, 4.69) is 31.3 Å². The Hall–Kier alpha value is -1.96. The molecule has 2 rings (SSSR count). The Morgan fingerprint density at radius 3 is 2.82 bits per heavy atom. The highest BCUT2D eigenvalue weighted by molar-refractivity contribution is 9.10. The van der Waals surface area contributed by atoms with Crippen LogP contribution in [0, 0.1) is 10.1 Å². The lowest BCUT2D eigenvalue weighted by atomic mass is 10.3. The molecule has 7 nitrogen and oxygen atoms in total. The van der Waals surface area contributed by atoms with E-state index in [1.54, 1.807) is 24.1 Å². The molecule has 0 saturated heterocycles. The van der Waals surface area contributed by atoms with Crippen LogP contribution in [0.4, 0.5) is 17.1 Å². The van der Waals surface area contributed by atoms with Gasteiger partial charge in [0.25, 0.3) is 0 Å². The summed E-state index contributed by atoms with van der Waals surface area (Å²) in [6.45, 7) is 0. The van der Waals surface area contributed by atoms with Gasteiger partial charge in [0.1, 0.15) is 11.9 Å². The summed E-state index contributed by atoms with van der Waals surface area (Å²) in [5.41, 5.74) is 0.934. The first-order valence-electron chi connectivity index (χ1n) is 4.61. The van der Waals surface area contributed by atoms with E-state index in [1.807, 2.05) is 0 Å². The first kappa shape index (κ1) is 11.5. The van der Waals surface area contributed by atoms with Crippen molar-refractivity contribution in [3.05, 3.63) is 39.4 Å². The monoisotopic (exact) mass is 297 g/mol. The highest BCUT2D eigenvalue weighted by atomic mass is 79.9. The van der Waals surface area contributed by atoms with Crippen molar-refractivity contribution >= 4 is 33.0 Å². The summed E-state index contributed by atoms with van der Waals surface area (Å²) in [6, 6.07) is 0. The fourth-order valence-electron chi connectivity index (χ4n) is 1.32. The van der Waals surface area contributed by atoms with Gasteiger partial charge in [-0.1, -0.05) is 0 Å². The van der Waals surface area contributed by atoms with Crippen molar-refractivity contribution in [3.8, 4) is 0 Å². The highest BCUT2D eigenvalue weighted by Crippen LogP contribution is 2.33. The van der Waals surface area contributed by atoms with Crippen LogP contribution >= 0.6 is 15.9 Å². The molecule has 0 aliphatic rings. The van der Waals surface area contributed by atoms with Gasteiger partial charge in [0.2, 0.25) is 0 Å². The summed E-state index contributed by atoms with van der Waals surface area (Å²) in [4.78, 5) is 14.1. The second-order valence-corrected chi connectivity index (χ2v) is 4.15. The number of hydrogen-bond donors (Lipinski definition) is 1. The smallest absolute Gasteiger partial charge is 0.311 e. The maximum atomic E-state index is 10.9. The summed E-state index contributed by atoms with van der Waals surface area (Å²) in [6.07, 6.45) is 5.99. The number of aryl methyl sites for hydroxylation is 1. The van der Waals surface area contributed by atoms with Gasteiger partial charge in [-0.25, -0.2) is 0 Å². The number of aromatic nitrogens is 3. The zero-order valence-corrected chi connectivity index (χ0v) is 10.4. The highest BCUT2D eigenvalue weighted by Gasteiger charge is 2.17. The molecule has 0 bridgehead atoms. The van der Waals surface area contributed by atoms with Crippen molar-refractivity contribution < 1.29 is 4.92 Å². The van der Waals surface area contributed by atoms with Crippen LogP contribution < -0.4 is 5.32 Å². The standard InChI is InChI=1S/C9H8BrN5O2/c1-14-5-6(2-12-14)13-9-7(10)3-11-4-8(9)15(16)17/h2-5H,1H3,(H,11,13). The Morgan fingerprint density at radius 2 is 2.24 bits per heavy atom. The van der Waals surface area contributed by atoms with Crippen molar-refractivity contribution in [2.24, 2.45) is 7.05 Å². The topological polar surface area (TPSA) is 85.9 Å². The fourth-order valence-corrected chi connectivity index (χ4v) is 1.74. The molecule has 0 atom stereocenters. The molecule has 8 heteroatoms. The normalized spacial score (nSPS) is 10.2. The molecule has 0 amide bonds. The molecule has 1 N–H and O–H groups in total. The number of pyridine rings is 1.